The van der Waals surface area contributed by atoms with Gasteiger partial charge in [0.05, 0.1) is 13.0 Å². The van der Waals surface area contributed by atoms with E-state index >= 15 is 0 Å². The predicted molar refractivity (Wildman–Crippen MR) is 156 cm³/mol. The smallest absolute Gasteiger partial charge is 0.408 e. The Kier molecular flexibility index (Phi) is 15.0. The van der Waals surface area contributed by atoms with Crippen LogP contribution in [0.3, 0.4) is 0 Å². The molecule has 10 heteroatoms. The molecule has 0 aliphatic heterocycles. The van der Waals surface area contributed by atoms with Crippen molar-refractivity contribution in [2.24, 2.45) is 0 Å². The van der Waals surface area contributed by atoms with Crippen molar-refractivity contribution in [2.45, 2.75) is 97.9 Å². The van der Waals surface area contributed by atoms with Gasteiger partial charge in [-0.25, -0.2) is 4.79 Å². The van der Waals surface area contributed by atoms with Crippen molar-refractivity contribution in [3.8, 4) is 0 Å². The summed E-state index contributed by atoms with van der Waals surface area (Å²) < 4.78 is 10.4. The van der Waals surface area contributed by atoms with Crippen molar-refractivity contribution in [3.63, 3.8) is 0 Å². The van der Waals surface area contributed by atoms with Gasteiger partial charge in [0.15, 0.2) is 0 Å². The van der Waals surface area contributed by atoms with Gasteiger partial charge >= 0.3 is 12.1 Å². The van der Waals surface area contributed by atoms with Crippen molar-refractivity contribution in [1.82, 2.24) is 15.5 Å². The van der Waals surface area contributed by atoms with Crippen LogP contribution in [0.15, 0.2) is 24.3 Å². The van der Waals surface area contributed by atoms with Crippen LogP contribution in [0.1, 0.15) is 84.9 Å². The Balaban J connectivity index is 3.44. The molecule has 1 aromatic rings. The van der Waals surface area contributed by atoms with Gasteiger partial charge in [0.25, 0.3) is 0 Å². The second-order valence-electron chi connectivity index (χ2n) is 10.3. The number of hydrogen-bond donors (Lipinski definition) is 2. The SMILES string of the molecule is CCOC(=O)CCNC(=O)C(c1ccc(CC)cc1)N(C(=O)C(CCSC)NC(=O)OC(C)(C)C)C(C)CC. The molecule has 1 aromatic carbocycles. The number of nitrogens with one attached hydrogen (secondary N) is 2. The summed E-state index contributed by atoms with van der Waals surface area (Å²) in [4.78, 5) is 53.9. The molecular formula is C29H47N3O6S. The molecule has 0 saturated carbocycles. The minimum atomic E-state index is -0.960. The molecule has 0 aliphatic carbocycles. The van der Waals surface area contributed by atoms with Gasteiger partial charge in [-0.3, -0.25) is 14.4 Å². The normalized spacial score (nSPS) is 13.5. The van der Waals surface area contributed by atoms with E-state index < -0.39 is 35.7 Å². The number of alkyl carbamates (subject to hydrolysis) is 1. The van der Waals surface area contributed by atoms with E-state index in [9.17, 15) is 19.2 Å². The van der Waals surface area contributed by atoms with Crippen molar-refractivity contribution < 1.29 is 28.7 Å². The monoisotopic (exact) mass is 565 g/mol. The third kappa shape index (κ3) is 11.9. The van der Waals surface area contributed by atoms with E-state index in [0.717, 1.165) is 12.0 Å². The summed E-state index contributed by atoms with van der Waals surface area (Å²) in [5.74, 6) is -0.551. The van der Waals surface area contributed by atoms with E-state index in [4.69, 9.17) is 9.47 Å². The molecule has 3 atom stereocenters. The quantitative estimate of drug-likeness (QED) is 0.298. The van der Waals surface area contributed by atoms with Gasteiger partial charge in [0.1, 0.15) is 17.7 Å². The molecule has 1 rings (SSSR count). The molecule has 3 amide bonds. The lowest BCUT2D eigenvalue weighted by molar-refractivity contribution is -0.146. The first kappa shape index (κ1) is 34.3. The zero-order chi connectivity index (χ0) is 29.6. The molecule has 0 saturated heterocycles. The molecule has 0 heterocycles. The zero-order valence-electron chi connectivity index (χ0n) is 24.8. The van der Waals surface area contributed by atoms with Gasteiger partial charge in [0, 0.05) is 12.6 Å². The highest BCUT2D eigenvalue weighted by atomic mass is 32.2. The van der Waals surface area contributed by atoms with Crippen LogP contribution in [0.4, 0.5) is 4.79 Å². The van der Waals surface area contributed by atoms with Crippen molar-refractivity contribution in [2.75, 3.05) is 25.2 Å². The molecule has 0 spiro atoms. The lowest BCUT2D eigenvalue weighted by Crippen LogP contribution is -2.55. The summed E-state index contributed by atoms with van der Waals surface area (Å²) in [6, 6.07) is 5.44. The van der Waals surface area contributed by atoms with E-state index in [0.29, 0.717) is 24.2 Å². The maximum absolute atomic E-state index is 14.2. The number of amides is 3. The van der Waals surface area contributed by atoms with Gasteiger partial charge in [-0.05, 0) is 77.0 Å². The van der Waals surface area contributed by atoms with Gasteiger partial charge in [-0.15, -0.1) is 0 Å². The van der Waals surface area contributed by atoms with Gasteiger partial charge in [0.2, 0.25) is 11.8 Å². The minimum Gasteiger partial charge on any atom is -0.466 e. The molecule has 0 fully saturated rings. The molecule has 0 bridgehead atoms. The standard InChI is InChI=1S/C29H47N3O6S/c1-9-20(4)32(27(35)23(17-19-39-8)31-28(36)38-29(5,6)7)25(22-14-12-21(10-2)13-15-22)26(34)30-18-16-24(33)37-11-3/h12-15,20,23,25H,9-11,16-19H2,1-8H3,(H,30,34)(H,31,36). The largest absolute Gasteiger partial charge is 0.466 e. The third-order valence-electron chi connectivity index (χ3n) is 6.08. The van der Waals surface area contributed by atoms with E-state index in [1.54, 1.807) is 44.4 Å². The highest BCUT2D eigenvalue weighted by molar-refractivity contribution is 7.98. The molecule has 39 heavy (non-hydrogen) atoms. The summed E-state index contributed by atoms with van der Waals surface area (Å²) in [7, 11) is 0. The lowest BCUT2D eigenvalue weighted by atomic mass is 9.98. The number of thioether (sulfide) groups is 1. The van der Waals surface area contributed by atoms with Gasteiger partial charge in [-0.1, -0.05) is 38.1 Å². The third-order valence-corrected chi connectivity index (χ3v) is 6.73. The van der Waals surface area contributed by atoms with E-state index in [-0.39, 0.29) is 31.5 Å². The van der Waals surface area contributed by atoms with Crippen LogP contribution < -0.4 is 10.6 Å². The lowest BCUT2D eigenvalue weighted by Gasteiger charge is -2.38. The van der Waals surface area contributed by atoms with Crippen molar-refractivity contribution in [3.05, 3.63) is 35.4 Å². The number of aryl methyl sites for hydroxylation is 1. The second-order valence-corrected chi connectivity index (χ2v) is 11.3. The molecule has 2 N–H and O–H groups in total. The molecule has 0 aromatic heterocycles. The van der Waals surface area contributed by atoms with Crippen LogP contribution in [0.5, 0.6) is 0 Å². The number of benzene rings is 1. The maximum Gasteiger partial charge on any atom is 0.408 e. The van der Waals surface area contributed by atoms with E-state index in [1.165, 1.54) is 0 Å². The van der Waals surface area contributed by atoms with E-state index in [2.05, 4.69) is 10.6 Å². The minimum absolute atomic E-state index is 0.0227. The Morgan fingerprint density at radius 2 is 1.69 bits per heavy atom. The van der Waals surface area contributed by atoms with Crippen LogP contribution in [0.25, 0.3) is 0 Å². The Hall–Kier alpha value is -2.75. The number of ether oxygens (including phenoxy) is 2. The molecule has 0 radical (unpaired) electrons. The summed E-state index contributed by atoms with van der Waals surface area (Å²) in [5, 5.41) is 5.56. The van der Waals surface area contributed by atoms with Crippen molar-refractivity contribution >= 4 is 35.6 Å². The van der Waals surface area contributed by atoms with Crippen LogP contribution in [-0.4, -0.2) is 71.6 Å². The maximum atomic E-state index is 14.2. The summed E-state index contributed by atoms with van der Waals surface area (Å²) in [6.07, 6.45) is 3.06. The molecule has 220 valence electrons. The van der Waals surface area contributed by atoms with Gasteiger partial charge < -0.3 is 25.0 Å². The second kappa shape index (κ2) is 17.0. The van der Waals surface area contributed by atoms with Crippen LogP contribution in [-0.2, 0) is 30.3 Å². The Morgan fingerprint density at radius 3 is 2.21 bits per heavy atom. The highest BCUT2D eigenvalue weighted by Gasteiger charge is 2.38. The molecule has 9 nitrogen and oxygen atoms in total. The number of carbonyl (C=O) groups is 4. The first-order valence-corrected chi connectivity index (χ1v) is 15.1. The Morgan fingerprint density at radius 1 is 1.05 bits per heavy atom. The number of rotatable bonds is 15. The zero-order valence-corrected chi connectivity index (χ0v) is 25.6. The Bertz CT molecular complexity index is 932. The predicted octanol–water partition coefficient (Wildman–Crippen LogP) is 4.63. The van der Waals surface area contributed by atoms with E-state index in [1.807, 2.05) is 51.3 Å². The van der Waals surface area contributed by atoms with Crippen LogP contribution >= 0.6 is 11.8 Å². The highest BCUT2D eigenvalue weighted by Crippen LogP contribution is 2.27. The number of carbonyl (C=O) groups excluding carboxylic acids is 4. The molecule has 0 aliphatic rings. The number of nitrogens with zero attached hydrogens (tertiary/aromatic N) is 1. The fourth-order valence-corrected chi connectivity index (χ4v) is 4.38. The summed E-state index contributed by atoms with van der Waals surface area (Å²) in [6.45, 7) is 13.2. The average molecular weight is 566 g/mol. The number of hydrogen-bond acceptors (Lipinski definition) is 7. The molecule has 3 unspecified atom stereocenters. The summed E-state index contributed by atoms with van der Waals surface area (Å²) >= 11 is 1.56. The first-order chi connectivity index (χ1) is 18.4. The fourth-order valence-electron chi connectivity index (χ4n) is 3.91. The van der Waals surface area contributed by atoms with Crippen LogP contribution in [0.2, 0.25) is 0 Å². The molecular weight excluding hydrogens is 518 g/mol. The first-order valence-electron chi connectivity index (χ1n) is 13.7. The summed E-state index contributed by atoms with van der Waals surface area (Å²) in [5.41, 5.74) is 1.03. The van der Waals surface area contributed by atoms with Crippen molar-refractivity contribution in [1.29, 1.82) is 0 Å². The van der Waals surface area contributed by atoms with Crippen LogP contribution in [0, 0.1) is 0 Å². The topological polar surface area (TPSA) is 114 Å². The Labute approximate surface area is 238 Å². The average Bonchev–Trinajstić information content (AvgIpc) is 2.87. The number of esters is 1. The van der Waals surface area contributed by atoms with Gasteiger partial charge in [-0.2, -0.15) is 11.8 Å². The fraction of sp³-hybridized carbons (Fsp3) is 0.655.